The van der Waals surface area contributed by atoms with Crippen molar-refractivity contribution in [3.05, 3.63) is 0 Å². The van der Waals surface area contributed by atoms with Crippen molar-refractivity contribution in [2.45, 2.75) is 37.8 Å². The van der Waals surface area contributed by atoms with Crippen LogP contribution in [0.1, 0.15) is 26.2 Å². The molecular weight excluding hydrogens is 380 g/mol. The number of aliphatic imine (C=N–C) groups is 1. The molecule has 1 saturated carbocycles. The minimum atomic E-state index is -0.971. The molecular formula is C7H10Br2NOPd. The quantitative estimate of drug-likeness (QED) is 0.631. The number of halogens is 2. The standard InChI is InChI=1S/C7H10NO.2BrH.Pd/c1-6-7(3-2-4-7)9-5-8-6;;;/h6H,2-4H2,1H3;2*1H;/q;;;+2/p-2/t6-;;;/m0.../s1. The molecule has 0 saturated heterocycles. The summed E-state index contributed by atoms with van der Waals surface area (Å²) in [6, 6.07) is 0.361. The molecule has 0 aromatic rings. The van der Waals surface area contributed by atoms with E-state index < -0.39 is 12.7 Å². The first-order valence-corrected chi connectivity index (χ1v) is 11.7. The molecule has 2 nitrogen and oxygen atoms in total. The van der Waals surface area contributed by atoms with Crippen molar-refractivity contribution in [1.29, 1.82) is 0 Å². The van der Waals surface area contributed by atoms with E-state index in [0.29, 0.717) is 6.04 Å². The molecule has 2 rings (SSSR count). The molecule has 0 aromatic heterocycles. The summed E-state index contributed by atoms with van der Waals surface area (Å²) < 4.78 is 6.79. The summed E-state index contributed by atoms with van der Waals surface area (Å²) in [5.74, 6) is 0. The molecule has 0 bridgehead atoms. The first-order chi connectivity index (χ1) is 5.64. The molecule has 0 N–H and O–H groups in total. The maximum atomic E-state index is 5.87. The van der Waals surface area contributed by atoms with E-state index in [1.165, 1.54) is 19.3 Å². The number of hydrogen-bond acceptors (Lipinski definition) is 2. The zero-order chi connectivity index (χ0) is 8.77. The van der Waals surface area contributed by atoms with Crippen molar-refractivity contribution in [3.8, 4) is 0 Å². The van der Waals surface area contributed by atoms with Crippen molar-refractivity contribution in [3.63, 3.8) is 0 Å². The predicted octanol–water partition coefficient (Wildman–Crippen LogP) is 2.92. The second-order valence-corrected chi connectivity index (χ2v) is 14.6. The van der Waals surface area contributed by atoms with Gasteiger partial charge in [0.25, 0.3) is 0 Å². The Morgan fingerprint density at radius 1 is 1.58 bits per heavy atom. The number of rotatable bonds is 1. The third kappa shape index (κ3) is 1.43. The van der Waals surface area contributed by atoms with Crippen LogP contribution in [0.5, 0.6) is 0 Å². The molecule has 1 aliphatic carbocycles. The van der Waals surface area contributed by atoms with Crippen LogP contribution in [0.15, 0.2) is 4.99 Å². The van der Waals surface area contributed by atoms with E-state index >= 15 is 0 Å². The van der Waals surface area contributed by atoms with Gasteiger partial charge >= 0.3 is 91.5 Å². The van der Waals surface area contributed by atoms with E-state index in [9.17, 15) is 0 Å². The van der Waals surface area contributed by atoms with Crippen LogP contribution in [0.3, 0.4) is 0 Å². The van der Waals surface area contributed by atoms with Gasteiger partial charge in [-0.05, 0) is 0 Å². The fourth-order valence-electron chi connectivity index (χ4n) is 1.63. The zero-order valence-electron chi connectivity index (χ0n) is 6.63. The van der Waals surface area contributed by atoms with Crippen LogP contribution >= 0.6 is 26.9 Å². The van der Waals surface area contributed by atoms with Crippen molar-refractivity contribution in [2.75, 3.05) is 0 Å². The molecule has 0 aromatic carbocycles. The van der Waals surface area contributed by atoms with Gasteiger partial charge < -0.3 is 0 Å². The molecule has 0 amide bonds. The fourth-order valence-corrected chi connectivity index (χ4v) is 3.89. The molecule has 1 aliphatic heterocycles. The van der Waals surface area contributed by atoms with Gasteiger partial charge in [-0.2, -0.15) is 0 Å². The molecule has 5 heteroatoms. The van der Waals surface area contributed by atoms with Crippen molar-refractivity contribution >= 4 is 31.2 Å². The Morgan fingerprint density at radius 2 is 2.25 bits per heavy atom. The third-order valence-electron chi connectivity index (χ3n) is 2.63. The normalized spacial score (nSPS) is 32.4. The van der Waals surface area contributed by atoms with Gasteiger partial charge in [0.2, 0.25) is 0 Å². The van der Waals surface area contributed by atoms with Crippen molar-refractivity contribution in [1.82, 2.24) is 0 Å². The average molecular weight is 390 g/mol. The minimum absolute atomic E-state index is 0.0938. The molecule has 1 heterocycles. The van der Waals surface area contributed by atoms with E-state index in [1.807, 2.05) is 0 Å². The second-order valence-electron chi connectivity index (χ2n) is 3.22. The van der Waals surface area contributed by atoms with Crippen molar-refractivity contribution in [2.24, 2.45) is 4.99 Å². The molecule has 12 heavy (non-hydrogen) atoms. The van der Waals surface area contributed by atoms with E-state index in [4.69, 9.17) is 4.74 Å². The molecule has 1 atom stereocenters. The predicted molar refractivity (Wildman–Crippen MR) is 52.4 cm³/mol. The fraction of sp³-hybridized carbons (Fsp3) is 0.857. The maximum absolute atomic E-state index is 5.87. The third-order valence-corrected chi connectivity index (χ3v) is 6.03. The van der Waals surface area contributed by atoms with Crippen LogP contribution in [0.25, 0.3) is 0 Å². The summed E-state index contributed by atoms with van der Waals surface area (Å²) in [4.78, 5) is 4.52. The molecule has 2 aliphatic rings. The Morgan fingerprint density at radius 3 is 2.50 bits per heavy atom. The van der Waals surface area contributed by atoms with Crippen LogP contribution < -0.4 is 0 Å². The van der Waals surface area contributed by atoms with Gasteiger partial charge in [-0.15, -0.1) is 0 Å². The van der Waals surface area contributed by atoms with Crippen LogP contribution in [0.4, 0.5) is 0 Å². The van der Waals surface area contributed by atoms with E-state index in [2.05, 4.69) is 38.8 Å². The first kappa shape index (κ1) is 9.64. The van der Waals surface area contributed by atoms with E-state index in [0.717, 1.165) is 4.37 Å². The monoisotopic (exact) mass is 388 g/mol. The molecule has 0 radical (unpaired) electrons. The zero-order valence-corrected chi connectivity index (χ0v) is 11.4. The van der Waals surface area contributed by atoms with E-state index in [-0.39, 0.29) is 5.60 Å². The van der Waals surface area contributed by atoms with Gasteiger partial charge in [-0.25, -0.2) is 0 Å². The topological polar surface area (TPSA) is 21.6 Å². The molecule has 0 unspecified atom stereocenters. The Bertz CT molecular complexity index is 227. The Labute approximate surface area is 90.9 Å². The first-order valence-electron chi connectivity index (χ1n) is 3.86. The van der Waals surface area contributed by atoms with Gasteiger partial charge in [0.15, 0.2) is 0 Å². The SMILES string of the molecule is C[C@@H]1N=[C]([Pd]([Br])[Br])OC12CCC2. The second kappa shape index (κ2) is 3.34. The van der Waals surface area contributed by atoms with Gasteiger partial charge in [0, 0.05) is 0 Å². The Hall–Kier alpha value is 1.09. The molecule has 1 spiro atoms. The van der Waals surface area contributed by atoms with Gasteiger partial charge in [0.05, 0.1) is 0 Å². The van der Waals surface area contributed by atoms with Gasteiger partial charge in [-0.1, -0.05) is 0 Å². The Kier molecular flexibility index (Phi) is 2.69. The number of ether oxygens (including phenoxy) is 1. The average Bonchev–Trinajstić information content (AvgIpc) is 2.25. The molecule has 1 fully saturated rings. The molecule has 73 valence electrons. The van der Waals surface area contributed by atoms with Crippen molar-refractivity contribution < 1.29 is 17.5 Å². The summed E-state index contributed by atoms with van der Waals surface area (Å²) >= 11 is 6.05. The summed E-state index contributed by atoms with van der Waals surface area (Å²) in [5.41, 5.74) is 0.0938. The number of hydrogen-bond donors (Lipinski definition) is 0. The van der Waals surface area contributed by atoms with Gasteiger partial charge in [-0.3, -0.25) is 0 Å². The number of nitrogens with zero attached hydrogens (tertiary/aromatic N) is 1. The summed E-state index contributed by atoms with van der Waals surface area (Å²) in [7, 11) is 0. The van der Waals surface area contributed by atoms with Crippen LogP contribution in [-0.4, -0.2) is 16.0 Å². The Balaban J connectivity index is 2.10. The van der Waals surface area contributed by atoms with Crippen LogP contribution in [0, 0.1) is 0 Å². The van der Waals surface area contributed by atoms with Crippen LogP contribution in [0.2, 0.25) is 0 Å². The van der Waals surface area contributed by atoms with E-state index in [1.54, 1.807) is 0 Å². The summed E-state index contributed by atoms with van der Waals surface area (Å²) in [5, 5.41) is 0. The summed E-state index contributed by atoms with van der Waals surface area (Å²) in [6.07, 6.45) is 3.65. The van der Waals surface area contributed by atoms with Crippen LogP contribution in [-0.2, 0) is 17.5 Å². The summed E-state index contributed by atoms with van der Waals surface area (Å²) in [6.45, 7) is 2.15. The van der Waals surface area contributed by atoms with Gasteiger partial charge in [0.1, 0.15) is 0 Å².